The molecule has 0 aromatic heterocycles. The molecular weight excluding hydrogens is 246 g/mol. The topological polar surface area (TPSA) is 78.8 Å². The zero-order chi connectivity index (χ0) is 13.8. The Morgan fingerprint density at radius 1 is 1.16 bits per heavy atom. The highest BCUT2D eigenvalue weighted by Gasteiger charge is 2.12. The molecule has 0 saturated carbocycles. The fourth-order valence-electron chi connectivity index (χ4n) is 1.61. The van der Waals surface area contributed by atoms with Gasteiger partial charge in [0.05, 0.1) is 12.7 Å². The van der Waals surface area contributed by atoms with Crippen molar-refractivity contribution in [3.05, 3.63) is 48.0 Å². The Labute approximate surface area is 110 Å². The molecule has 19 heavy (non-hydrogen) atoms. The van der Waals surface area contributed by atoms with Gasteiger partial charge in [-0.3, -0.25) is 4.79 Å². The molecule has 1 amide bonds. The average Bonchev–Trinajstić information content (AvgIpc) is 2.38. The molecular formula is C14H13NO4. The Bertz CT molecular complexity index is 610. The smallest absolute Gasteiger partial charge is 0.259 e. The maximum atomic E-state index is 12.0. The Morgan fingerprint density at radius 3 is 2.63 bits per heavy atom. The number of nitrogens with one attached hydrogen (secondary N) is 1. The molecule has 0 saturated heterocycles. The number of amides is 1. The summed E-state index contributed by atoms with van der Waals surface area (Å²) in [5.41, 5.74) is 0.637. The summed E-state index contributed by atoms with van der Waals surface area (Å²) in [5, 5.41) is 21.4. The van der Waals surface area contributed by atoms with Crippen LogP contribution in [0.15, 0.2) is 42.5 Å². The first-order valence-electron chi connectivity index (χ1n) is 5.57. The van der Waals surface area contributed by atoms with E-state index >= 15 is 0 Å². The molecule has 0 aliphatic carbocycles. The van der Waals surface area contributed by atoms with Gasteiger partial charge in [-0.05, 0) is 24.3 Å². The quantitative estimate of drug-likeness (QED) is 0.790. The second kappa shape index (κ2) is 5.30. The third-order valence-electron chi connectivity index (χ3n) is 2.55. The molecule has 98 valence electrons. The first-order valence-corrected chi connectivity index (χ1v) is 5.57. The standard InChI is InChI=1S/C14H13NO4/c1-19-11-4-2-3-9(7-11)15-14(18)12-6-5-10(16)8-13(12)17/h2-8,16-17H,1H3,(H,15,18). The molecule has 0 fully saturated rings. The molecule has 0 heterocycles. The van der Waals surface area contributed by atoms with Gasteiger partial charge in [0, 0.05) is 17.8 Å². The minimum absolute atomic E-state index is 0.0839. The number of anilines is 1. The van der Waals surface area contributed by atoms with Gasteiger partial charge in [-0.1, -0.05) is 6.07 Å². The van der Waals surface area contributed by atoms with Crippen molar-refractivity contribution < 1.29 is 19.7 Å². The maximum Gasteiger partial charge on any atom is 0.259 e. The molecule has 0 aliphatic heterocycles. The van der Waals surface area contributed by atoms with Crippen molar-refractivity contribution in [2.75, 3.05) is 12.4 Å². The molecule has 5 nitrogen and oxygen atoms in total. The molecule has 0 radical (unpaired) electrons. The van der Waals surface area contributed by atoms with Gasteiger partial charge < -0.3 is 20.3 Å². The number of aromatic hydroxyl groups is 2. The zero-order valence-corrected chi connectivity index (χ0v) is 10.3. The van der Waals surface area contributed by atoms with Crippen LogP contribution >= 0.6 is 0 Å². The molecule has 2 rings (SSSR count). The van der Waals surface area contributed by atoms with Crippen LogP contribution in [0.2, 0.25) is 0 Å². The summed E-state index contributed by atoms with van der Waals surface area (Å²) in [6.07, 6.45) is 0. The van der Waals surface area contributed by atoms with E-state index in [4.69, 9.17) is 9.84 Å². The minimum atomic E-state index is -0.467. The molecule has 0 bridgehead atoms. The van der Waals surface area contributed by atoms with Gasteiger partial charge in [-0.2, -0.15) is 0 Å². The van der Waals surface area contributed by atoms with Crippen LogP contribution in [0.5, 0.6) is 17.2 Å². The van der Waals surface area contributed by atoms with Crippen LogP contribution in [0.1, 0.15) is 10.4 Å². The number of carbonyl (C=O) groups is 1. The fourth-order valence-corrected chi connectivity index (χ4v) is 1.61. The summed E-state index contributed by atoms with van der Waals surface area (Å²) >= 11 is 0. The number of carbonyl (C=O) groups excluding carboxylic acids is 1. The van der Waals surface area contributed by atoms with Crippen molar-refractivity contribution >= 4 is 11.6 Å². The highest BCUT2D eigenvalue weighted by molar-refractivity contribution is 6.06. The summed E-state index contributed by atoms with van der Waals surface area (Å²) < 4.78 is 5.05. The van der Waals surface area contributed by atoms with Crippen molar-refractivity contribution in [3.8, 4) is 17.2 Å². The van der Waals surface area contributed by atoms with Gasteiger partial charge in [0.25, 0.3) is 5.91 Å². The van der Waals surface area contributed by atoms with E-state index in [9.17, 15) is 9.90 Å². The van der Waals surface area contributed by atoms with Crippen molar-refractivity contribution in [3.63, 3.8) is 0 Å². The molecule has 3 N–H and O–H groups in total. The number of hydrogen-bond donors (Lipinski definition) is 3. The van der Waals surface area contributed by atoms with E-state index in [2.05, 4.69) is 5.32 Å². The van der Waals surface area contributed by atoms with Crippen molar-refractivity contribution in [1.29, 1.82) is 0 Å². The largest absolute Gasteiger partial charge is 0.508 e. The lowest BCUT2D eigenvalue weighted by Crippen LogP contribution is -2.11. The Kier molecular flexibility index (Phi) is 3.56. The van der Waals surface area contributed by atoms with E-state index < -0.39 is 5.91 Å². The van der Waals surface area contributed by atoms with Gasteiger partial charge in [0.1, 0.15) is 17.2 Å². The lowest BCUT2D eigenvalue weighted by atomic mass is 10.1. The summed E-state index contributed by atoms with van der Waals surface area (Å²) in [6.45, 7) is 0. The predicted octanol–water partition coefficient (Wildman–Crippen LogP) is 2.36. The molecule has 0 aliphatic rings. The van der Waals surface area contributed by atoms with Crippen LogP contribution in [-0.2, 0) is 0 Å². The predicted molar refractivity (Wildman–Crippen MR) is 70.7 cm³/mol. The number of methoxy groups -OCH3 is 1. The number of benzene rings is 2. The minimum Gasteiger partial charge on any atom is -0.508 e. The third kappa shape index (κ3) is 2.95. The first-order chi connectivity index (χ1) is 9.10. The highest BCUT2D eigenvalue weighted by atomic mass is 16.5. The second-order valence-corrected chi connectivity index (χ2v) is 3.89. The maximum absolute atomic E-state index is 12.0. The Hall–Kier alpha value is -2.69. The second-order valence-electron chi connectivity index (χ2n) is 3.89. The van der Waals surface area contributed by atoms with Crippen LogP contribution in [0.4, 0.5) is 5.69 Å². The molecule has 2 aromatic carbocycles. The zero-order valence-electron chi connectivity index (χ0n) is 10.3. The van der Waals surface area contributed by atoms with Crippen LogP contribution in [-0.4, -0.2) is 23.2 Å². The van der Waals surface area contributed by atoms with Crippen molar-refractivity contribution in [1.82, 2.24) is 0 Å². The summed E-state index contributed by atoms with van der Waals surface area (Å²) in [4.78, 5) is 12.0. The number of phenolic OH excluding ortho intramolecular Hbond substituents is 2. The third-order valence-corrected chi connectivity index (χ3v) is 2.55. The summed E-state index contributed by atoms with van der Waals surface area (Å²) in [7, 11) is 1.53. The fraction of sp³-hybridized carbons (Fsp3) is 0.0714. The highest BCUT2D eigenvalue weighted by Crippen LogP contribution is 2.24. The number of ether oxygens (including phenoxy) is 1. The Balaban J connectivity index is 2.20. The monoisotopic (exact) mass is 259 g/mol. The van der Waals surface area contributed by atoms with Gasteiger partial charge in [0.2, 0.25) is 0 Å². The molecule has 5 heteroatoms. The number of rotatable bonds is 3. The van der Waals surface area contributed by atoms with E-state index in [-0.39, 0.29) is 17.1 Å². The van der Waals surface area contributed by atoms with Gasteiger partial charge in [0.15, 0.2) is 0 Å². The number of hydrogen-bond acceptors (Lipinski definition) is 4. The van der Waals surface area contributed by atoms with Crippen LogP contribution in [0, 0.1) is 0 Å². The van der Waals surface area contributed by atoms with E-state index in [1.807, 2.05) is 0 Å². The normalized spacial score (nSPS) is 9.95. The summed E-state index contributed by atoms with van der Waals surface area (Å²) in [5.74, 6) is -0.227. The lowest BCUT2D eigenvalue weighted by molar-refractivity contribution is 0.102. The van der Waals surface area contributed by atoms with Crippen LogP contribution in [0.25, 0.3) is 0 Å². The van der Waals surface area contributed by atoms with E-state index in [0.717, 1.165) is 6.07 Å². The average molecular weight is 259 g/mol. The molecule has 0 unspecified atom stereocenters. The van der Waals surface area contributed by atoms with E-state index in [1.54, 1.807) is 24.3 Å². The van der Waals surface area contributed by atoms with Gasteiger partial charge >= 0.3 is 0 Å². The first kappa shape index (κ1) is 12.8. The van der Waals surface area contributed by atoms with Crippen molar-refractivity contribution in [2.45, 2.75) is 0 Å². The van der Waals surface area contributed by atoms with Crippen molar-refractivity contribution in [2.24, 2.45) is 0 Å². The molecule has 0 spiro atoms. The van der Waals surface area contributed by atoms with Crippen LogP contribution in [0.3, 0.4) is 0 Å². The number of phenols is 2. The van der Waals surface area contributed by atoms with E-state index in [1.165, 1.54) is 19.2 Å². The lowest BCUT2D eigenvalue weighted by Gasteiger charge is -2.08. The van der Waals surface area contributed by atoms with Gasteiger partial charge in [-0.25, -0.2) is 0 Å². The molecule has 2 aromatic rings. The van der Waals surface area contributed by atoms with Gasteiger partial charge in [-0.15, -0.1) is 0 Å². The SMILES string of the molecule is COc1cccc(NC(=O)c2ccc(O)cc2O)c1. The molecule has 0 atom stereocenters. The summed E-state index contributed by atoms with van der Waals surface area (Å²) in [6, 6.07) is 10.7. The Morgan fingerprint density at radius 2 is 1.95 bits per heavy atom. The van der Waals surface area contributed by atoms with Crippen LogP contribution < -0.4 is 10.1 Å². The van der Waals surface area contributed by atoms with E-state index in [0.29, 0.717) is 11.4 Å².